The van der Waals surface area contributed by atoms with Crippen LogP contribution < -0.4 is 5.32 Å². The van der Waals surface area contributed by atoms with Crippen LogP contribution in [0.15, 0.2) is 67.1 Å². The lowest BCUT2D eigenvalue weighted by Crippen LogP contribution is -2.05. The van der Waals surface area contributed by atoms with Crippen molar-refractivity contribution >= 4 is 29.0 Å². The second-order valence-electron chi connectivity index (χ2n) is 6.75. The van der Waals surface area contributed by atoms with Gasteiger partial charge in [-0.1, -0.05) is 53.5 Å². The minimum Gasteiger partial charge on any atom is -0.363 e. The number of nitrogens with one attached hydrogen (secondary N) is 1. The Morgan fingerprint density at radius 2 is 1.60 bits per heavy atom. The molecule has 0 bridgehead atoms. The Bertz CT molecular complexity index is 1200. The Balaban J connectivity index is 1.51. The van der Waals surface area contributed by atoms with Gasteiger partial charge in [0.25, 0.3) is 0 Å². The quantitative estimate of drug-likeness (QED) is 0.382. The molecule has 0 atom stereocenters. The summed E-state index contributed by atoms with van der Waals surface area (Å²) in [5.74, 6) is -0.417. The molecule has 2 aromatic heterocycles. The van der Waals surface area contributed by atoms with E-state index in [4.69, 9.17) is 23.2 Å². The third-order valence-electron chi connectivity index (χ3n) is 4.63. The van der Waals surface area contributed by atoms with Crippen molar-refractivity contribution in [3.8, 4) is 22.4 Å². The molecule has 0 aliphatic heterocycles. The van der Waals surface area contributed by atoms with Crippen LogP contribution in [-0.2, 0) is 6.54 Å². The zero-order chi connectivity index (χ0) is 21.1. The van der Waals surface area contributed by atoms with E-state index in [1.165, 1.54) is 6.33 Å². The van der Waals surface area contributed by atoms with Gasteiger partial charge in [-0.3, -0.25) is 4.98 Å². The van der Waals surface area contributed by atoms with Crippen molar-refractivity contribution in [2.24, 2.45) is 0 Å². The predicted molar refractivity (Wildman–Crippen MR) is 119 cm³/mol. The van der Waals surface area contributed by atoms with Crippen LogP contribution in [0.3, 0.4) is 0 Å². The van der Waals surface area contributed by atoms with Crippen molar-refractivity contribution in [1.82, 2.24) is 15.0 Å². The highest BCUT2D eigenvalue weighted by Gasteiger charge is 2.14. The second-order valence-corrected chi connectivity index (χ2v) is 7.56. The third kappa shape index (κ3) is 4.42. The first kappa shape index (κ1) is 20.3. The number of aryl methyl sites for hydroxylation is 1. The van der Waals surface area contributed by atoms with Crippen LogP contribution in [0.2, 0.25) is 10.0 Å². The number of rotatable bonds is 5. The zero-order valence-corrected chi connectivity index (χ0v) is 17.5. The number of pyridine rings is 1. The van der Waals surface area contributed by atoms with E-state index in [2.05, 4.69) is 20.3 Å². The lowest BCUT2D eigenvalue weighted by Gasteiger charge is -2.10. The van der Waals surface area contributed by atoms with Gasteiger partial charge in [0.05, 0.1) is 10.0 Å². The Hall–Kier alpha value is -3.02. The van der Waals surface area contributed by atoms with Crippen molar-refractivity contribution in [3.63, 3.8) is 0 Å². The Kier molecular flexibility index (Phi) is 5.93. The molecule has 0 aliphatic rings. The van der Waals surface area contributed by atoms with E-state index >= 15 is 0 Å². The summed E-state index contributed by atoms with van der Waals surface area (Å²) in [4.78, 5) is 12.3. The first-order valence-electron chi connectivity index (χ1n) is 9.23. The zero-order valence-electron chi connectivity index (χ0n) is 16.0. The standard InChI is InChI=1S/C23H17Cl2FN4/c1-14-10-17(8-9-27-14)16-4-2-15(3-5-16)12-28-23-21(26)22(29-13-30-23)18-6-7-19(24)20(25)11-18/h2-11,13H,12H2,1H3,(H,28,29,30). The fourth-order valence-corrected chi connectivity index (χ4v) is 3.36. The Morgan fingerprint density at radius 1 is 0.833 bits per heavy atom. The molecule has 0 unspecified atom stereocenters. The van der Waals surface area contributed by atoms with Crippen molar-refractivity contribution in [2.75, 3.05) is 5.32 Å². The molecule has 4 aromatic rings. The third-order valence-corrected chi connectivity index (χ3v) is 5.37. The van der Waals surface area contributed by atoms with E-state index in [1.54, 1.807) is 24.4 Å². The van der Waals surface area contributed by atoms with Crippen molar-refractivity contribution in [1.29, 1.82) is 0 Å². The van der Waals surface area contributed by atoms with E-state index in [-0.39, 0.29) is 11.5 Å². The van der Waals surface area contributed by atoms with Crippen LogP contribution in [0.25, 0.3) is 22.4 Å². The summed E-state index contributed by atoms with van der Waals surface area (Å²) in [6.07, 6.45) is 3.11. The molecule has 7 heteroatoms. The number of hydrogen-bond donors (Lipinski definition) is 1. The van der Waals surface area contributed by atoms with Gasteiger partial charge in [-0.25, -0.2) is 14.4 Å². The number of aromatic nitrogens is 3. The van der Waals surface area contributed by atoms with Crippen LogP contribution in [0, 0.1) is 12.7 Å². The molecule has 150 valence electrons. The van der Waals surface area contributed by atoms with E-state index < -0.39 is 5.82 Å². The lowest BCUT2D eigenvalue weighted by atomic mass is 10.0. The van der Waals surface area contributed by atoms with Crippen LogP contribution >= 0.6 is 23.2 Å². The predicted octanol–water partition coefficient (Wildman–Crippen LogP) is 6.57. The van der Waals surface area contributed by atoms with E-state index in [1.807, 2.05) is 43.3 Å². The number of anilines is 1. The van der Waals surface area contributed by atoms with E-state index in [9.17, 15) is 4.39 Å². The monoisotopic (exact) mass is 438 g/mol. The van der Waals surface area contributed by atoms with Gasteiger partial charge in [0, 0.05) is 24.0 Å². The molecule has 30 heavy (non-hydrogen) atoms. The summed E-state index contributed by atoms with van der Waals surface area (Å²) < 4.78 is 14.9. The van der Waals surface area contributed by atoms with Crippen LogP contribution in [-0.4, -0.2) is 15.0 Å². The van der Waals surface area contributed by atoms with Crippen molar-refractivity contribution in [2.45, 2.75) is 13.5 Å². The maximum Gasteiger partial charge on any atom is 0.191 e. The summed E-state index contributed by atoms with van der Waals surface area (Å²) >= 11 is 12.0. The minimum absolute atomic E-state index is 0.125. The summed E-state index contributed by atoms with van der Waals surface area (Å²) in [7, 11) is 0. The molecule has 0 saturated heterocycles. The maximum absolute atomic E-state index is 14.9. The molecule has 0 saturated carbocycles. The Morgan fingerprint density at radius 3 is 2.33 bits per heavy atom. The smallest absolute Gasteiger partial charge is 0.191 e. The first-order valence-corrected chi connectivity index (χ1v) is 9.98. The fraction of sp³-hybridized carbons (Fsp3) is 0.0870. The molecule has 2 heterocycles. The second kappa shape index (κ2) is 8.78. The minimum atomic E-state index is -0.542. The van der Waals surface area contributed by atoms with Gasteiger partial charge in [-0.15, -0.1) is 0 Å². The summed E-state index contributed by atoms with van der Waals surface area (Å²) in [6.45, 7) is 2.38. The summed E-state index contributed by atoms with van der Waals surface area (Å²) in [6, 6.07) is 16.9. The van der Waals surface area contributed by atoms with Gasteiger partial charge >= 0.3 is 0 Å². The summed E-state index contributed by atoms with van der Waals surface area (Å²) in [5.41, 5.74) is 4.86. The lowest BCUT2D eigenvalue weighted by molar-refractivity contribution is 0.621. The molecule has 4 nitrogen and oxygen atoms in total. The van der Waals surface area contributed by atoms with Crippen molar-refractivity contribution < 1.29 is 4.39 Å². The molecule has 0 amide bonds. The van der Waals surface area contributed by atoms with Crippen LogP contribution in [0.1, 0.15) is 11.3 Å². The molecule has 2 aromatic carbocycles. The highest BCUT2D eigenvalue weighted by atomic mass is 35.5. The van der Waals surface area contributed by atoms with Crippen LogP contribution in [0.5, 0.6) is 0 Å². The normalized spacial score (nSPS) is 10.8. The average Bonchev–Trinajstić information content (AvgIpc) is 2.75. The Labute approximate surface area is 183 Å². The van der Waals surface area contributed by atoms with Crippen LogP contribution in [0.4, 0.5) is 10.2 Å². The largest absolute Gasteiger partial charge is 0.363 e. The van der Waals surface area contributed by atoms with Gasteiger partial charge in [0.1, 0.15) is 12.0 Å². The molecule has 0 aliphatic carbocycles. The molecular formula is C23H17Cl2FN4. The van der Waals surface area contributed by atoms with Gasteiger partial charge in [-0.05, 0) is 47.9 Å². The molecule has 0 radical (unpaired) electrons. The highest BCUT2D eigenvalue weighted by molar-refractivity contribution is 6.42. The molecule has 1 N–H and O–H groups in total. The maximum atomic E-state index is 14.9. The number of halogens is 3. The molecule has 0 fully saturated rings. The van der Waals surface area contributed by atoms with E-state index in [0.717, 1.165) is 22.4 Å². The molecule has 0 spiro atoms. The van der Waals surface area contributed by atoms with Gasteiger partial charge < -0.3 is 5.32 Å². The number of benzene rings is 2. The van der Waals surface area contributed by atoms with Gasteiger partial charge in [0.15, 0.2) is 11.6 Å². The van der Waals surface area contributed by atoms with Gasteiger partial charge in [0.2, 0.25) is 0 Å². The number of hydrogen-bond acceptors (Lipinski definition) is 4. The van der Waals surface area contributed by atoms with Crippen molar-refractivity contribution in [3.05, 3.63) is 94.2 Å². The van der Waals surface area contributed by atoms with E-state index in [0.29, 0.717) is 22.2 Å². The fourth-order valence-electron chi connectivity index (χ4n) is 3.06. The average molecular weight is 439 g/mol. The molecular weight excluding hydrogens is 422 g/mol. The first-order chi connectivity index (χ1) is 14.5. The van der Waals surface area contributed by atoms with Gasteiger partial charge in [-0.2, -0.15) is 0 Å². The molecule has 4 rings (SSSR count). The topological polar surface area (TPSA) is 50.7 Å². The number of nitrogens with zero attached hydrogens (tertiary/aromatic N) is 3. The SMILES string of the molecule is Cc1cc(-c2ccc(CNc3ncnc(-c4ccc(Cl)c(Cl)c4)c3F)cc2)ccn1. The summed E-state index contributed by atoms with van der Waals surface area (Å²) in [5, 5.41) is 3.78. The highest BCUT2D eigenvalue weighted by Crippen LogP contribution is 2.30.